The second-order valence-corrected chi connectivity index (χ2v) is 7.15. The molecule has 1 heterocycles. The molecular weight excluding hydrogens is 306 g/mol. The smallest absolute Gasteiger partial charge is 0.0207 e. The zero-order chi connectivity index (χ0) is 12.8. The Morgan fingerprint density at radius 2 is 2.06 bits per heavy atom. The van der Waals surface area contributed by atoms with Gasteiger partial charge in [-0.2, -0.15) is 11.8 Å². The van der Waals surface area contributed by atoms with Crippen LogP contribution < -0.4 is 5.32 Å². The summed E-state index contributed by atoms with van der Waals surface area (Å²) in [6.07, 6.45) is 5.25. The van der Waals surface area contributed by atoms with Crippen molar-refractivity contribution >= 4 is 27.7 Å². The molecule has 0 saturated carbocycles. The molecule has 0 spiro atoms. The Balaban J connectivity index is 1.90. The summed E-state index contributed by atoms with van der Waals surface area (Å²) in [7, 11) is 2.10. The van der Waals surface area contributed by atoms with E-state index in [-0.39, 0.29) is 0 Å². The minimum atomic E-state index is 0.608. The van der Waals surface area contributed by atoms with E-state index < -0.39 is 0 Å². The van der Waals surface area contributed by atoms with Crippen LogP contribution in [0.15, 0.2) is 28.7 Å². The van der Waals surface area contributed by atoms with E-state index >= 15 is 0 Å². The first-order valence-electron chi connectivity index (χ1n) is 6.78. The quantitative estimate of drug-likeness (QED) is 0.873. The number of likely N-dealkylation sites (N-methyl/N-ethyl adjacent to an activating group) is 1. The first-order chi connectivity index (χ1) is 8.79. The van der Waals surface area contributed by atoms with E-state index in [1.807, 2.05) is 0 Å². The molecule has 1 aromatic rings. The number of hydrogen-bond donors (Lipinski definition) is 1. The average molecular weight is 328 g/mol. The molecule has 1 unspecified atom stereocenters. The molecule has 1 N–H and O–H groups in total. The summed E-state index contributed by atoms with van der Waals surface area (Å²) in [6, 6.07) is 9.19. The Morgan fingerprint density at radius 3 is 2.72 bits per heavy atom. The summed E-state index contributed by atoms with van der Waals surface area (Å²) in [5.41, 5.74) is 1.42. The second kappa shape index (κ2) is 7.56. The van der Waals surface area contributed by atoms with Crippen LogP contribution in [0.1, 0.15) is 24.8 Å². The van der Waals surface area contributed by atoms with Gasteiger partial charge in [-0.15, -0.1) is 0 Å². The zero-order valence-electron chi connectivity index (χ0n) is 11.0. The molecule has 1 aromatic carbocycles. The Bertz CT molecular complexity index is 363. The maximum absolute atomic E-state index is 3.65. The molecule has 0 aromatic heterocycles. The van der Waals surface area contributed by atoms with Crippen molar-refractivity contribution in [1.82, 2.24) is 5.32 Å². The molecule has 100 valence electrons. The molecule has 18 heavy (non-hydrogen) atoms. The minimum absolute atomic E-state index is 0.608. The van der Waals surface area contributed by atoms with Gasteiger partial charge in [0.1, 0.15) is 0 Å². The van der Waals surface area contributed by atoms with Crippen LogP contribution in [0.5, 0.6) is 0 Å². The highest BCUT2D eigenvalue weighted by Crippen LogP contribution is 2.27. The van der Waals surface area contributed by atoms with E-state index in [0.717, 1.165) is 12.3 Å². The maximum atomic E-state index is 3.65. The molecule has 1 nitrogen and oxygen atoms in total. The molecule has 0 bridgehead atoms. The highest BCUT2D eigenvalue weighted by atomic mass is 79.9. The molecule has 1 atom stereocenters. The largest absolute Gasteiger partial charge is 0.317 e. The molecule has 0 radical (unpaired) electrons. The molecular formula is C15H22BrNS. The summed E-state index contributed by atoms with van der Waals surface area (Å²) < 4.78 is 1.24. The summed E-state index contributed by atoms with van der Waals surface area (Å²) in [5.74, 6) is 3.64. The topological polar surface area (TPSA) is 12.0 Å². The third kappa shape index (κ3) is 4.29. The van der Waals surface area contributed by atoms with Gasteiger partial charge in [-0.1, -0.05) is 34.1 Å². The van der Waals surface area contributed by atoms with E-state index in [2.05, 4.69) is 64.3 Å². The van der Waals surface area contributed by atoms with Gasteiger partial charge in [0, 0.05) is 10.5 Å². The van der Waals surface area contributed by atoms with Crippen molar-refractivity contribution in [3.05, 3.63) is 34.3 Å². The maximum Gasteiger partial charge on any atom is 0.0207 e. The zero-order valence-corrected chi connectivity index (χ0v) is 13.4. The predicted octanol–water partition coefficient (Wildman–Crippen LogP) is 4.11. The van der Waals surface area contributed by atoms with Gasteiger partial charge in [-0.25, -0.2) is 0 Å². The van der Waals surface area contributed by atoms with Crippen LogP contribution in [0.25, 0.3) is 0 Å². The second-order valence-electron chi connectivity index (χ2n) is 5.07. The van der Waals surface area contributed by atoms with Crippen LogP contribution in [0, 0.1) is 5.92 Å². The first-order valence-corrected chi connectivity index (χ1v) is 8.72. The highest BCUT2D eigenvalue weighted by Gasteiger charge is 2.18. The SMILES string of the molecule is CNC(Cc1ccccc1Br)CC1CCSCC1. The third-order valence-corrected chi connectivity index (χ3v) is 5.61. The summed E-state index contributed by atoms with van der Waals surface area (Å²) in [6.45, 7) is 0. The molecule has 0 aliphatic carbocycles. The van der Waals surface area contributed by atoms with Crippen LogP contribution >= 0.6 is 27.7 Å². The van der Waals surface area contributed by atoms with E-state index in [0.29, 0.717) is 6.04 Å². The van der Waals surface area contributed by atoms with E-state index in [4.69, 9.17) is 0 Å². The summed E-state index contributed by atoms with van der Waals surface area (Å²) >= 11 is 5.76. The van der Waals surface area contributed by atoms with E-state index in [9.17, 15) is 0 Å². The number of nitrogens with one attached hydrogen (secondary N) is 1. The molecule has 1 aliphatic heterocycles. The number of halogens is 1. The number of thioether (sulfide) groups is 1. The Labute approximate surface area is 123 Å². The standard InChI is InChI=1S/C15H22BrNS/c1-17-14(10-12-6-8-18-9-7-12)11-13-4-2-3-5-15(13)16/h2-5,12,14,17H,6-11H2,1H3. The van der Waals surface area contributed by atoms with Gasteiger partial charge in [0.2, 0.25) is 0 Å². The van der Waals surface area contributed by atoms with Crippen LogP contribution in [0.4, 0.5) is 0 Å². The molecule has 1 saturated heterocycles. The fourth-order valence-corrected chi connectivity index (χ4v) is 4.27. The van der Waals surface area contributed by atoms with Crippen molar-refractivity contribution in [2.45, 2.75) is 31.7 Å². The van der Waals surface area contributed by atoms with Crippen molar-refractivity contribution in [2.24, 2.45) is 5.92 Å². The normalized spacial score (nSPS) is 18.8. The van der Waals surface area contributed by atoms with Crippen LogP contribution in [0.3, 0.4) is 0 Å². The fraction of sp³-hybridized carbons (Fsp3) is 0.600. The monoisotopic (exact) mass is 327 g/mol. The van der Waals surface area contributed by atoms with Crippen molar-refractivity contribution in [2.75, 3.05) is 18.6 Å². The summed E-state index contributed by atoms with van der Waals surface area (Å²) in [5, 5.41) is 3.50. The average Bonchev–Trinajstić information content (AvgIpc) is 2.41. The van der Waals surface area contributed by atoms with Gasteiger partial charge in [0.15, 0.2) is 0 Å². The van der Waals surface area contributed by atoms with Crippen LogP contribution in [0.2, 0.25) is 0 Å². The number of benzene rings is 1. The molecule has 0 amide bonds. The van der Waals surface area contributed by atoms with Gasteiger partial charge in [-0.05, 0) is 61.8 Å². The van der Waals surface area contributed by atoms with Crippen molar-refractivity contribution < 1.29 is 0 Å². The molecule has 3 heteroatoms. The minimum Gasteiger partial charge on any atom is -0.317 e. The molecule has 1 fully saturated rings. The highest BCUT2D eigenvalue weighted by molar-refractivity contribution is 9.10. The lowest BCUT2D eigenvalue weighted by Crippen LogP contribution is -2.31. The van der Waals surface area contributed by atoms with Gasteiger partial charge in [-0.3, -0.25) is 0 Å². The number of rotatable bonds is 5. The van der Waals surface area contributed by atoms with Gasteiger partial charge < -0.3 is 5.32 Å². The molecule has 2 rings (SSSR count). The fourth-order valence-electron chi connectivity index (χ4n) is 2.62. The van der Waals surface area contributed by atoms with Crippen molar-refractivity contribution in [3.8, 4) is 0 Å². The Hall–Kier alpha value is 0.01000. The summed E-state index contributed by atoms with van der Waals surface area (Å²) in [4.78, 5) is 0. The lowest BCUT2D eigenvalue weighted by molar-refractivity contribution is 0.376. The Morgan fingerprint density at radius 1 is 1.33 bits per heavy atom. The van der Waals surface area contributed by atoms with Crippen molar-refractivity contribution in [3.63, 3.8) is 0 Å². The van der Waals surface area contributed by atoms with Gasteiger partial charge >= 0.3 is 0 Å². The van der Waals surface area contributed by atoms with Crippen molar-refractivity contribution in [1.29, 1.82) is 0 Å². The van der Waals surface area contributed by atoms with Crippen LogP contribution in [-0.4, -0.2) is 24.6 Å². The lowest BCUT2D eigenvalue weighted by atomic mass is 9.91. The first kappa shape index (κ1) is 14.4. The van der Waals surface area contributed by atoms with Gasteiger partial charge in [0.05, 0.1) is 0 Å². The number of hydrogen-bond acceptors (Lipinski definition) is 2. The lowest BCUT2D eigenvalue weighted by Gasteiger charge is -2.26. The Kier molecular flexibility index (Phi) is 6.06. The van der Waals surface area contributed by atoms with Gasteiger partial charge in [0.25, 0.3) is 0 Å². The van der Waals surface area contributed by atoms with Crippen LogP contribution in [-0.2, 0) is 6.42 Å². The third-order valence-electron chi connectivity index (χ3n) is 3.79. The van der Waals surface area contributed by atoms with E-state index in [1.54, 1.807) is 0 Å². The van der Waals surface area contributed by atoms with E-state index in [1.165, 1.54) is 40.8 Å². The predicted molar refractivity (Wildman–Crippen MR) is 85.4 cm³/mol. The molecule has 1 aliphatic rings.